The van der Waals surface area contributed by atoms with E-state index in [-0.39, 0.29) is 0 Å². The lowest BCUT2D eigenvalue weighted by atomic mass is 10.0. The molecular formula is C48H30N2OS2. The summed E-state index contributed by atoms with van der Waals surface area (Å²) in [6.07, 6.45) is 0. The molecule has 3 nitrogen and oxygen atoms in total. The number of nitrogens with zero attached hydrogens (tertiary/aromatic N) is 2. The second-order valence-electron chi connectivity index (χ2n) is 13.4. The molecule has 0 radical (unpaired) electrons. The van der Waals surface area contributed by atoms with Gasteiger partial charge >= 0.3 is 0 Å². The van der Waals surface area contributed by atoms with E-state index in [2.05, 4.69) is 186 Å². The first-order chi connectivity index (χ1) is 26.2. The first-order valence-corrected chi connectivity index (χ1v) is 19.4. The smallest absolute Gasteiger partial charge is 0.153 e. The average Bonchev–Trinajstić information content (AvgIpc) is 3.78. The van der Waals surface area contributed by atoms with Crippen LogP contribution in [0, 0.1) is 0 Å². The number of ether oxygens (including phenoxy) is 1. The van der Waals surface area contributed by atoms with Crippen molar-refractivity contribution in [1.82, 2.24) is 0 Å². The Labute approximate surface area is 314 Å². The Balaban J connectivity index is 1.09. The van der Waals surface area contributed by atoms with Crippen LogP contribution in [-0.4, -0.2) is 0 Å². The third-order valence-corrected chi connectivity index (χ3v) is 12.5. The summed E-state index contributed by atoms with van der Waals surface area (Å²) in [5.41, 5.74) is 8.68. The molecule has 0 bridgehead atoms. The summed E-state index contributed by atoms with van der Waals surface area (Å²) in [5, 5.41) is 5.13. The fraction of sp³-hybridized carbons (Fsp3) is 0. The van der Waals surface area contributed by atoms with E-state index in [1.165, 1.54) is 51.5 Å². The molecule has 1 aliphatic rings. The van der Waals surface area contributed by atoms with E-state index in [1.54, 1.807) is 0 Å². The predicted octanol–water partition coefficient (Wildman–Crippen LogP) is 15.1. The Kier molecular flexibility index (Phi) is 6.90. The summed E-state index contributed by atoms with van der Waals surface area (Å²) >= 11 is 3.68. The van der Waals surface area contributed by atoms with Crippen LogP contribution in [0.2, 0.25) is 0 Å². The molecule has 0 unspecified atom stereocenters. The first kappa shape index (κ1) is 30.2. The molecule has 1 aliphatic heterocycles. The van der Waals surface area contributed by atoms with E-state index in [0.29, 0.717) is 0 Å². The fourth-order valence-corrected chi connectivity index (χ4v) is 10.00. The van der Waals surface area contributed by atoms with Gasteiger partial charge < -0.3 is 14.5 Å². The molecule has 0 atom stereocenters. The Bertz CT molecular complexity index is 3020. The highest BCUT2D eigenvalue weighted by atomic mass is 32.1. The number of thiophene rings is 2. The molecule has 0 fully saturated rings. The molecule has 250 valence electrons. The van der Waals surface area contributed by atoms with E-state index in [9.17, 15) is 0 Å². The number of anilines is 6. The van der Waals surface area contributed by atoms with E-state index in [4.69, 9.17) is 4.74 Å². The molecule has 0 aliphatic carbocycles. The first-order valence-electron chi connectivity index (χ1n) is 17.7. The minimum absolute atomic E-state index is 0.809. The SMILES string of the molecule is c1ccc(-c2cccc(N(c3ccc4c(c3)Oc3ccccc3N4c3ccc4c(c3)sc3ccccc34)c3ccc4sc5ccccc5c4c3)c2)cc1. The van der Waals surface area contributed by atoms with Crippen molar-refractivity contribution in [2.24, 2.45) is 0 Å². The number of fused-ring (bicyclic) bond motifs is 8. The van der Waals surface area contributed by atoms with Crippen LogP contribution >= 0.6 is 22.7 Å². The molecule has 0 saturated heterocycles. The summed E-state index contributed by atoms with van der Waals surface area (Å²) < 4.78 is 11.9. The lowest BCUT2D eigenvalue weighted by molar-refractivity contribution is 0.477. The maximum Gasteiger partial charge on any atom is 0.153 e. The van der Waals surface area contributed by atoms with Gasteiger partial charge in [0.25, 0.3) is 0 Å². The molecule has 11 rings (SSSR count). The largest absolute Gasteiger partial charge is 0.453 e. The van der Waals surface area contributed by atoms with Crippen LogP contribution in [0.3, 0.4) is 0 Å². The summed E-state index contributed by atoms with van der Waals surface area (Å²) in [5.74, 6) is 1.64. The van der Waals surface area contributed by atoms with Gasteiger partial charge in [0, 0.05) is 69.2 Å². The zero-order valence-corrected chi connectivity index (χ0v) is 30.1. The molecule has 10 aromatic rings. The van der Waals surface area contributed by atoms with Gasteiger partial charge in [-0.3, -0.25) is 0 Å². The molecule has 2 aromatic heterocycles. The number of hydrogen-bond donors (Lipinski definition) is 0. The minimum Gasteiger partial charge on any atom is -0.453 e. The van der Waals surface area contributed by atoms with Crippen LogP contribution in [-0.2, 0) is 0 Å². The molecular weight excluding hydrogens is 685 g/mol. The van der Waals surface area contributed by atoms with Gasteiger partial charge in [-0.2, -0.15) is 0 Å². The summed E-state index contributed by atoms with van der Waals surface area (Å²) in [7, 11) is 0. The van der Waals surface area contributed by atoms with Gasteiger partial charge in [-0.1, -0.05) is 97.1 Å². The minimum atomic E-state index is 0.809. The highest BCUT2D eigenvalue weighted by Gasteiger charge is 2.28. The second kappa shape index (κ2) is 12.1. The monoisotopic (exact) mass is 714 g/mol. The summed E-state index contributed by atoms with van der Waals surface area (Å²) in [6, 6.07) is 65.4. The van der Waals surface area contributed by atoms with Crippen molar-refractivity contribution in [2.45, 2.75) is 0 Å². The van der Waals surface area contributed by atoms with Crippen LogP contribution in [0.25, 0.3) is 51.5 Å². The Morgan fingerprint density at radius 2 is 1.00 bits per heavy atom. The van der Waals surface area contributed by atoms with Gasteiger partial charge in [0.05, 0.1) is 11.4 Å². The van der Waals surface area contributed by atoms with E-state index >= 15 is 0 Å². The van der Waals surface area contributed by atoms with Gasteiger partial charge in [-0.15, -0.1) is 22.7 Å². The van der Waals surface area contributed by atoms with Crippen LogP contribution < -0.4 is 14.5 Å². The van der Waals surface area contributed by atoms with Gasteiger partial charge in [-0.25, -0.2) is 0 Å². The third-order valence-electron chi connectivity index (χ3n) is 10.2. The Morgan fingerprint density at radius 1 is 0.377 bits per heavy atom. The van der Waals surface area contributed by atoms with Crippen molar-refractivity contribution in [2.75, 3.05) is 9.80 Å². The van der Waals surface area contributed by atoms with Gasteiger partial charge in [0.1, 0.15) is 0 Å². The molecule has 8 aromatic carbocycles. The zero-order chi connectivity index (χ0) is 34.9. The van der Waals surface area contributed by atoms with E-state index in [1.807, 2.05) is 28.7 Å². The maximum absolute atomic E-state index is 6.77. The lowest BCUT2D eigenvalue weighted by Gasteiger charge is -2.34. The molecule has 5 heteroatoms. The van der Waals surface area contributed by atoms with Crippen LogP contribution in [0.5, 0.6) is 11.5 Å². The highest BCUT2D eigenvalue weighted by molar-refractivity contribution is 7.26. The Hall–Kier alpha value is -6.40. The Morgan fingerprint density at radius 3 is 1.87 bits per heavy atom. The lowest BCUT2D eigenvalue weighted by Crippen LogP contribution is -2.17. The molecule has 53 heavy (non-hydrogen) atoms. The van der Waals surface area contributed by atoms with Crippen LogP contribution in [0.1, 0.15) is 0 Å². The van der Waals surface area contributed by atoms with Crippen molar-refractivity contribution in [3.05, 3.63) is 182 Å². The van der Waals surface area contributed by atoms with Gasteiger partial charge in [0.15, 0.2) is 11.5 Å². The molecule has 0 N–H and O–H groups in total. The summed E-state index contributed by atoms with van der Waals surface area (Å²) in [6.45, 7) is 0. The van der Waals surface area contributed by atoms with E-state index < -0.39 is 0 Å². The van der Waals surface area contributed by atoms with Crippen molar-refractivity contribution < 1.29 is 4.74 Å². The quantitative estimate of drug-likeness (QED) is 0.177. The number of para-hydroxylation sites is 2. The highest BCUT2D eigenvalue weighted by Crippen LogP contribution is 2.53. The van der Waals surface area contributed by atoms with Crippen molar-refractivity contribution in [3.63, 3.8) is 0 Å². The number of rotatable bonds is 5. The maximum atomic E-state index is 6.77. The molecule has 0 amide bonds. The van der Waals surface area contributed by atoms with Crippen molar-refractivity contribution >= 4 is 97.1 Å². The normalized spacial score (nSPS) is 12.3. The zero-order valence-electron chi connectivity index (χ0n) is 28.4. The van der Waals surface area contributed by atoms with Crippen molar-refractivity contribution in [3.8, 4) is 22.6 Å². The number of benzene rings is 8. The topological polar surface area (TPSA) is 15.7 Å². The standard InChI is InChI=1S/C48H30N2OS2/c1-2-11-31(12-3-1)32-13-10-14-33(27-32)49(34-23-26-47-40(28-34)38-16-5-9-20-46(38)52-47)35-22-25-42-44(29-35)51-43-18-7-6-17-41(43)50(42)36-21-24-39-37-15-4-8-19-45(37)53-48(39)30-36/h1-30H. The number of hydrogen-bond acceptors (Lipinski definition) is 5. The average molecular weight is 715 g/mol. The third kappa shape index (κ3) is 5.01. The fourth-order valence-electron chi connectivity index (χ4n) is 7.77. The predicted molar refractivity (Wildman–Crippen MR) is 227 cm³/mol. The van der Waals surface area contributed by atoms with Gasteiger partial charge in [-0.05, 0) is 90.0 Å². The summed E-state index contributed by atoms with van der Waals surface area (Å²) in [4.78, 5) is 4.70. The van der Waals surface area contributed by atoms with Crippen LogP contribution in [0.4, 0.5) is 34.1 Å². The van der Waals surface area contributed by atoms with Gasteiger partial charge in [0.2, 0.25) is 0 Å². The molecule has 0 saturated carbocycles. The van der Waals surface area contributed by atoms with Crippen LogP contribution in [0.15, 0.2) is 182 Å². The van der Waals surface area contributed by atoms with E-state index in [0.717, 1.165) is 45.6 Å². The van der Waals surface area contributed by atoms with Crippen molar-refractivity contribution in [1.29, 1.82) is 0 Å². The molecule has 0 spiro atoms. The second-order valence-corrected chi connectivity index (χ2v) is 15.5. The molecule has 3 heterocycles.